The van der Waals surface area contributed by atoms with Gasteiger partial charge in [0.25, 0.3) is 0 Å². The number of nitrogens with two attached hydrogens (primary N) is 2. The second-order valence-electron chi connectivity index (χ2n) is 1.75. The van der Waals surface area contributed by atoms with Gasteiger partial charge in [-0.3, -0.25) is 0 Å². The number of ether oxygens (including phenoxy) is 2. The zero-order chi connectivity index (χ0) is 13.6. The van der Waals surface area contributed by atoms with Gasteiger partial charge in [-0.2, -0.15) is 0 Å². The highest BCUT2D eigenvalue weighted by atomic mass is 16.6. The highest BCUT2D eigenvalue weighted by Gasteiger charge is 1.82. The van der Waals surface area contributed by atoms with Crippen molar-refractivity contribution in [1.82, 2.24) is 0 Å². The third-order valence-electron chi connectivity index (χ3n) is 0.573. The van der Waals surface area contributed by atoms with Crippen LogP contribution < -0.4 is 21.7 Å². The summed E-state index contributed by atoms with van der Waals surface area (Å²) in [6.45, 7) is 4.11. The number of hydrogen-bond donors (Lipinski definition) is 2. The molecule has 0 aliphatic carbocycles. The van der Waals surface area contributed by atoms with Crippen molar-refractivity contribution in [2.45, 2.75) is 13.8 Å². The topological polar surface area (TPSA) is 168 Å². The smallest absolute Gasteiger partial charge is 0.404 e. The number of rotatable bonds is 2. The van der Waals surface area contributed by atoms with E-state index >= 15 is 0 Å². The molecule has 2 amide bonds. The molecule has 96 valence electrons. The van der Waals surface area contributed by atoms with Crippen molar-refractivity contribution >= 4 is 18.3 Å². The molecule has 9 nitrogen and oxygen atoms in total. The van der Waals surface area contributed by atoms with Gasteiger partial charge >= 0.3 is 12.2 Å². The minimum absolute atomic E-state index is 0.356. The monoisotopic (exact) mass is 238 g/mol. The molecule has 16 heavy (non-hydrogen) atoms. The lowest BCUT2D eigenvalue weighted by Crippen LogP contribution is -2.37. The number of amides is 2. The van der Waals surface area contributed by atoms with E-state index in [0.717, 1.165) is 0 Å². The Hall–Kier alpha value is -2.19. The van der Waals surface area contributed by atoms with Crippen LogP contribution in [0.5, 0.6) is 0 Å². The van der Waals surface area contributed by atoms with Crippen molar-refractivity contribution in [1.29, 1.82) is 0 Å². The van der Waals surface area contributed by atoms with Crippen molar-refractivity contribution in [2.75, 3.05) is 13.2 Å². The minimum atomic E-state index is -2.33. The fraction of sp³-hybridized carbons (Fsp3) is 0.571. The van der Waals surface area contributed by atoms with Gasteiger partial charge in [0, 0.05) is 0 Å². The normalized spacial score (nSPS) is 7.12. The van der Waals surface area contributed by atoms with E-state index in [-0.39, 0.29) is 0 Å². The second kappa shape index (κ2) is 15.3. The largest absolute Gasteiger partial charge is 0.652 e. The fourth-order valence-electron chi connectivity index (χ4n) is 0.285. The summed E-state index contributed by atoms with van der Waals surface area (Å²) in [5.74, 6) is 0. The van der Waals surface area contributed by atoms with Gasteiger partial charge in [0.2, 0.25) is 0 Å². The Morgan fingerprint density at radius 2 is 1.12 bits per heavy atom. The average Bonchev–Trinajstić information content (AvgIpc) is 2.02. The van der Waals surface area contributed by atoms with Gasteiger partial charge < -0.3 is 35.9 Å². The lowest BCUT2D eigenvalue weighted by Gasteiger charge is -1.96. The Morgan fingerprint density at radius 3 is 1.12 bits per heavy atom. The van der Waals surface area contributed by atoms with Crippen molar-refractivity contribution in [3.05, 3.63) is 0 Å². The van der Waals surface area contributed by atoms with E-state index in [1.165, 1.54) is 0 Å². The molecule has 0 bridgehead atoms. The lowest BCUT2D eigenvalue weighted by molar-refractivity contribution is -0.415. The Labute approximate surface area is 91.9 Å². The maximum Gasteiger partial charge on any atom is 0.404 e. The molecular formula is C7H14N2O7-2. The van der Waals surface area contributed by atoms with E-state index in [9.17, 15) is 9.59 Å². The molecular weight excluding hydrogens is 224 g/mol. The SMILES string of the molecule is CCOC(N)=O.CCOC(N)=O.O=C([O-])[O-]. The molecule has 0 saturated heterocycles. The first-order valence-electron chi connectivity index (χ1n) is 4.00. The molecule has 0 saturated carbocycles. The molecule has 0 aliphatic heterocycles. The maximum atomic E-state index is 9.60. The number of carbonyl (C=O) groups excluding carboxylic acids is 3. The van der Waals surface area contributed by atoms with E-state index in [1.54, 1.807) is 13.8 Å². The van der Waals surface area contributed by atoms with Crippen LogP contribution in [-0.2, 0) is 9.47 Å². The van der Waals surface area contributed by atoms with Crippen LogP contribution in [-0.4, -0.2) is 31.6 Å². The number of hydrogen-bond acceptors (Lipinski definition) is 7. The number of primary amides is 2. The summed E-state index contributed by atoms with van der Waals surface area (Å²) in [5, 5.41) is 16.7. The Morgan fingerprint density at radius 1 is 0.938 bits per heavy atom. The van der Waals surface area contributed by atoms with Crippen LogP contribution in [0, 0.1) is 0 Å². The number of carbonyl (C=O) groups is 3. The first-order valence-corrected chi connectivity index (χ1v) is 4.00. The van der Waals surface area contributed by atoms with Crippen molar-refractivity contribution in [3.8, 4) is 0 Å². The van der Waals surface area contributed by atoms with Crippen molar-refractivity contribution in [2.24, 2.45) is 11.5 Å². The van der Waals surface area contributed by atoms with Gasteiger partial charge in [-0.25, -0.2) is 9.59 Å². The molecule has 0 unspecified atom stereocenters. The summed E-state index contributed by atoms with van der Waals surface area (Å²) < 4.78 is 8.36. The fourth-order valence-corrected chi connectivity index (χ4v) is 0.285. The standard InChI is InChI=1S/2C3H7NO2.CH2O3/c2*1-2-6-3(4)5;2-1(3)4/h2*2H2,1H3,(H2,4,5);(H2,2,3,4)/p-2. The molecule has 0 aromatic rings. The second-order valence-corrected chi connectivity index (χ2v) is 1.75. The average molecular weight is 238 g/mol. The molecule has 0 fully saturated rings. The van der Waals surface area contributed by atoms with Crippen LogP contribution in [0.15, 0.2) is 0 Å². The van der Waals surface area contributed by atoms with E-state index in [4.69, 9.17) is 15.0 Å². The zero-order valence-corrected chi connectivity index (χ0v) is 8.93. The molecule has 0 atom stereocenters. The molecule has 0 spiro atoms. The summed E-state index contributed by atoms with van der Waals surface area (Å²) in [7, 11) is 0. The van der Waals surface area contributed by atoms with Crippen LogP contribution in [0.25, 0.3) is 0 Å². The third kappa shape index (κ3) is 95.1. The van der Waals surface area contributed by atoms with Gasteiger partial charge in [-0.05, 0) is 20.0 Å². The molecule has 0 heterocycles. The van der Waals surface area contributed by atoms with Gasteiger partial charge in [-0.15, -0.1) is 0 Å². The molecule has 0 radical (unpaired) electrons. The van der Waals surface area contributed by atoms with Crippen LogP contribution >= 0.6 is 0 Å². The van der Waals surface area contributed by atoms with Gasteiger partial charge in [-0.1, -0.05) is 0 Å². The Bertz CT molecular complexity index is 187. The van der Waals surface area contributed by atoms with Gasteiger partial charge in [0.05, 0.1) is 13.2 Å². The molecule has 0 rings (SSSR count). The zero-order valence-electron chi connectivity index (χ0n) is 8.93. The summed E-state index contributed by atoms with van der Waals surface area (Å²) in [4.78, 5) is 27.5. The van der Waals surface area contributed by atoms with Crippen LogP contribution in [0.2, 0.25) is 0 Å². The van der Waals surface area contributed by atoms with Crippen molar-refractivity contribution < 1.29 is 34.1 Å². The summed E-state index contributed by atoms with van der Waals surface area (Å²) in [5.41, 5.74) is 9.08. The van der Waals surface area contributed by atoms with Crippen LogP contribution in [0.3, 0.4) is 0 Å². The van der Waals surface area contributed by atoms with Crippen molar-refractivity contribution in [3.63, 3.8) is 0 Å². The first kappa shape index (κ1) is 19.4. The highest BCUT2D eigenvalue weighted by molar-refractivity contribution is 5.64. The predicted molar refractivity (Wildman–Crippen MR) is 47.8 cm³/mol. The van der Waals surface area contributed by atoms with E-state index in [0.29, 0.717) is 13.2 Å². The summed E-state index contributed by atoms with van der Waals surface area (Å²) >= 11 is 0. The van der Waals surface area contributed by atoms with Crippen LogP contribution in [0.4, 0.5) is 14.4 Å². The minimum Gasteiger partial charge on any atom is -0.652 e. The Balaban J connectivity index is -0.000000162. The molecule has 0 aromatic heterocycles. The van der Waals surface area contributed by atoms with Gasteiger partial charge in [0.1, 0.15) is 0 Å². The maximum absolute atomic E-state index is 9.60. The summed E-state index contributed by atoms with van der Waals surface area (Å²) in [6.07, 6.45) is -3.75. The predicted octanol–water partition coefficient (Wildman–Crippen LogP) is -2.24. The lowest BCUT2D eigenvalue weighted by atomic mass is 10.9. The molecule has 0 aromatic carbocycles. The van der Waals surface area contributed by atoms with E-state index in [1.807, 2.05) is 0 Å². The van der Waals surface area contributed by atoms with Crippen LogP contribution in [0.1, 0.15) is 13.8 Å². The highest BCUT2D eigenvalue weighted by Crippen LogP contribution is 1.66. The number of carboxylic acid groups (broad SMARTS) is 2. The molecule has 4 N–H and O–H groups in total. The third-order valence-corrected chi connectivity index (χ3v) is 0.573. The van der Waals surface area contributed by atoms with E-state index in [2.05, 4.69) is 20.9 Å². The van der Waals surface area contributed by atoms with E-state index < -0.39 is 18.3 Å². The van der Waals surface area contributed by atoms with Gasteiger partial charge in [0.15, 0.2) is 0 Å². The summed E-state index contributed by atoms with van der Waals surface area (Å²) in [6, 6.07) is 0. The Kier molecular flexibility index (Phi) is 18.5. The molecule has 0 aliphatic rings. The quantitative estimate of drug-likeness (QED) is 0.547. The first-order chi connectivity index (χ1) is 7.27. The molecule has 9 heteroatoms.